The summed E-state index contributed by atoms with van der Waals surface area (Å²) in [7, 11) is 0. The molecule has 0 unspecified atom stereocenters. The van der Waals surface area contributed by atoms with Crippen LogP contribution in [0.5, 0.6) is 0 Å². The maximum atomic E-state index is 11.4. The van der Waals surface area contributed by atoms with E-state index in [4.69, 9.17) is 5.11 Å². The van der Waals surface area contributed by atoms with Gasteiger partial charge < -0.3 is 15.7 Å². The molecule has 17 heavy (non-hydrogen) atoms. The Morgan fingerprint density at radius 3 is 2.41 bits per heavy atom. The van der Waals surface area contributed by atoms with Gasteiger partial charge in [0.05, 0.1) is 13.0 Å². The number of hydrogen-bond acceptors (Lipinski definition) is 2. The quantitative estimate of drug-likeness (QED) is 0.700. The van der Waals surface area contributed by atoms with Gasteiger partial charge in [-0.3, -0.25) is 4.79 Å². The maximum absolute atomic E-state index is 11.4. The Bertz CT molecular complexity index is 327. The van der Waals surface area contributed by atoms with Gasteiger partial charge >= 0.3 is 12.0 Å². The highest BCUT2D eigenvalue weighted by atomic mass is 79.9. The number of halogens is 1. The first-order valence-electron chi connectivity index (χ1n) is 5.50. The number of carboxylic acids is 1. The predicted octanol–water partition coefficient (Wildman–Crippen LogP) is 1.84. The van der Waals surface area contributed by atoms with Crippen LogP contribution in [0.2, 0.25) is 0 Å². The van der Waals surface area contributed by atoms with Gasteiger partial charge in [0.1, 0.15) is 0 Å². The van der Waals surface area contributed by atoms with E-state index in [9.17, 15) is 9.59 Å². The summed E-state index contributed by atoms with van der Waals surface area (Å²) >= 11 is 3.14. The summed E-state index contributed by atoms with van der Waals surface area (Å²) in [6, 6.07) is -0.290. The average Bonchev–Trinajstić information content (AvgIpc) is 2.18. The van der Waals surface area contributed by atoms with Crippen LogP contribution in [0.1, 0.15) is 25.7 Å². The Morgan fingerprint density at radius 2 is 2.00 bits per heavy atom. The highest BCUT2D eigenvalue weighted by Gasteiger charge is 2.39. The van der Waals surface area contributed by atoms with Crippen molar-refractivity contribution in [3.8, 4) is 0 Å². The van der Waals surface area contributed by atoms with Crippen molar-refractivity contribution in [1.29, 1.82) is 0 Å². The van der Waals surface area contributed by atoms with Gasteiger partial charge in [0.15, 0.2) is 0 Å². The van der Waals surface area contributed by atoms with E-state index in [1.807, 2.05) is 0 Å². The molecule has 0 aliphatic heterocycles. The molecule has 1 aliphatic carbocycles. The second-order valence-corrected chi connectivity index (χ2v) is 5.60. The molecule has 0 saturated heterocycles. The van der Waals surface area contributed by atoms with E-state index in [-0.39, 0.29) is 17.9 Å². The molecule has 2 amide bonds. The number of urea groups is 1. The molecule has 0 spiro atoms. The van der Waals surface area contributed by atoms with Crippen LogP contribution in [0.15, 0.2) is 11.1 Å². The van der Waals surface area contributed by atoms with Crippen LogP contribution in [0.25, 0.3) is 0 Å². The zero-order valence-electron chi connectivity index (χ0n) is 9.59. The average molecular weight is 305 g/mol. The first-order valence-corrected chi connectivity index (χ1v) is 6.30. The number of aliphatic carboxylic acids is 1. The van der Waals surface area contributed by atoms with E-state index in [2.05, 4.69) is 33.1 Å². The molecule has 0 atom stereocenters. The summed E-state index contributed by atoms with van der Waals surface area (Å²) in [5, 5.41) is 14.1. The van der Waals surface area contributed by atoms with Crippen LogP contribution in [0.3, 0.4) is 0 Å². The lowest BCUT2D eigenvalue weighted by atomic mass is 9.66. The van der Waals surface area contributed by atoms with Gasteiger partial charge in [0.2, 0.25) is 0 Å². The van der Waals surface area contributed by atoms with E-state index in [0.29, 0.717) is 17.6 Å². The molecule has 1 saturated carbocycles. The minimum atomic E-state index is -0.805. The monoisotopic (exact) mass is 304 g/mol. The van der Waals surface area contributed by atoms with Crippen LogP contribution >= 0.6 is 15.9 Å². The van der Waals surface area contributed by atoms with E-state index >= 15 is 0 Å². The molecule has 1 rings (SSSR count). The lowest BCUT2D eigenvalue weighted by molar-refractivity contribution is -0.141. The fourth-order valence-corrected chi connectivity index (χ4v) is 2.06. The third-order valence-electron chi connectivity index (χ3n) is 3.01. The van der Waals surface area contributed by atoms with Crippen molar-refractivity contribution in [1.82, 2.24) is 10.6 Å². The maximum Gasteiger partial charge on any atom is 0.315 e. The summed E-state index contributed by atoms with van der Waals surface area (Å²) in [5.41, 5.74) is -0.241. The molecule has 0 aromatic rings. The van der Waals surface area contributed by atoms with Crippen molar-refractivity contribution >= 4 is 27.9 Å². The van der Waals surface area contributed by atoms with Gasteiger partial charge in [-0.15, -0.1) is 0 Å². The van der Waals surface area contributed by atoms with E-state index in [1.54, 1.807) is 0 Å². The Kier molecular flexibility index (Phi) is 4.99. The standard InChI is InChI=1S/C11H17BrN2O3/c1-8(12)6-13-10(17)14-7-11(3-2-4-11)5-9(15)16/h1-7H2,(H,15,16)(H2,13,14,17). The van der Waals surface area contributed by atoms with Gasteiger partial charge in [0, 0.05) is 11.0 Å². The number of nitrogens with one attached hydrogen (secondary N) is 2. The summed E-state index contributed by atoms with van der Waals surface area (Å²) in [6.07, 6.45) is 2.89. The third kappa shape index (κ3) is 4.77. The minimum Gasteiger partial charge on any atom is -0.481 e. The molecule has 6 heteroatoms. The summed E-state index contributed by atoms with van der Waals surface area (Å²) in [4.78, 5) is 22.1. The third-order valence-corrected chi connectivity index (χ3v) is 3.29. The Balaban J connectivity index is 2.30. The first kappa shape index (κ1) is 14.0. The molecule has 1 fully saturated rings. The van der Waals surface area contributed by atoms with Crippen LogP contribution in [0.4, 0.5) is 4.79 Å². The Hall–Kier alpha value is -1.04. The second kappa shape index (κ2) is 6.05. The molecule has 3 N–H and O–H groups in total. The van der Waals surface area contributed by atoms with Gasteiger partial charge in [-0.25, -0.2) is 4.79 Å². The molecule has 0 aromatic carbocycles. The van der Waals surface area contributed by atoms with Gasteiger partial charge in [-0.1, -0.05) is 28.9 Å². The van der Waals surface area contributed by atoms with Crippen molar-refractivity contribution in [3.05, 3.63) is 11.1 Å². The zero-order chi connectivity index (χ0) is 12.9. The van der Waals surface area contributed by atoms with Crippen molar-refractivity contribution in [3.63, 3.8) is 0 Å². The number of carbonyl (C=O) groups is 2. The number of amides is 2. The number of carbonyl (C=O) groups excluding carboxylic acids is 1. The first-order chi connectivity index (χ1) is 7.93. The van der Waals surface area contributed by atoms with Crippen LogP contribution < -0.4 is 10.6 Å². The number of carboxylic acid groups (broad SMARTS) is 1. The summed E-state index contributed by atoms with van der Waals surface area (Å²) < 4.78 is 0.691. The normalized spacial score (nSPS) is 16.8. The predicted molar refractivity (Wildman–Crippen MR) is 68.0 cm³/mol. The molecule has 0 heterocycles. The van der Waals surface area contributed by atoms with Crippen molar-refractivity contribution in [2.75, 3.05) is 13.1 Å². The molecule has 0 bridgehead atoms. The molecule has 0 radical (unpaired) electrons. The van der Waals surface area contributed by atoms with Crippen molar-refractivity contribution < 1.29 is 14.7 Å². The fraction of sp³-hybridized carbons (Fsp3) is 0.636. The van der Waals surface area contributed by atoms with Crippen molar-refractivity contribution in [2.24, 2.45) is 5.41 Å². The molecule has 0 aromatic heterocycles. The minimum absolute atomic E-state index is 0.123. The lowest BCUT2D eigenvalue weighted by Crippen LogP contribution is -2.46. The Labute approximate surface area is 109 Å². The van der Waals surface area contributed by atoms with Gasteiger partial charge in [-0.05, 0) is 18.3 Å². The molecular formula is C11H17BrN2O3. The zero-order valence-corrected chi connectivity index (χ0v) is 11.2. The van der Waals surface area contributed by atoms with Gasteiger partial charge in [-0.2, -0.15) is 0 Å². The van der Waals surface area contributed by atoms with Crippen LogP contribution in [-0.4, -0.2) is 30.2 Å². The van der Waals surface area contributed by atoms with E-state index in [1.165, 1.54) is 0 Å². The summed E-state index contributed by atoms with van der Waals surface area (Å²) in [5.74, 6) is -0.805. The largest absolute Gasteiger partial charge is 0.481 e. The molecule has 1 aliphatic rings. The van der Waals surface area contributed by atoms with Crippen LogP contribution in [0, 0.1) is 5.41 Å². The number of rotatable bonds is 6. The lowest BCUT2D eigenvalue weighted by Gasteiger charge is -2.40. The highest BCUT2D eigenvalue weighted by Crippen LogP contribution is 2.43. The fourth-order valence-electron chi connectivity index (χ4n) is 1.92. The Morgan fingerprint density at radius 1 is 1.35 bits per heavy atom. The van der Waals surface area contributed by atoms with Crippen LogP contribution in [-0.2, 0) is 4.79 Å². The van der Waals surface area contributed by atoms with E-state index in [0.717, 1.165) is 19.3 Å². The summed E-state index contributed by atoms with van der Waals surface area (Å²) in [6.45, 7) is 4.37. The smallest absolute Gasteiger partial charge is 0.315 e. The highest BCUT2D eigenvalue weighted by molar-refractivity contribution is 9.11. The van der Waals surface area contributed by atoms with Crippen molar-refractivity contribution in [2.45, 2.75) is 25.7 Å². The van der Waals surface area contributed by atoms with E-state index < -0.39 is 5.97 Å². The molecule has 5 nitrogen and oxygen atoms in total. The number of hydrogen-bond donors (Lipinski definition) is 3. The topological polar surface area (TPSA) is 78.4 Å². The molecule has 96 valence electrons. The second-order valence-electron chi connectivity index (χ2n) is 4.48. The SMILES string of the molecule is C=C(Br)CNC(=O)NCC1(CC(=O)O)CCC1. The van der Waals surface area contributed by atoms with Gasteiger partial charge in [0.25, 0.3) is 0 Å². The molecular weight excluding hydrogens is 288 g/mol.